The van der Waals surface area contributed by atoms with Gasteiger partial charge in [-0.3, -0.25) is 9.79 Å². The van der Waals surface area contributed by atoms with Gasteiger partial charge in [0.2, 0.25) is 0 Å². The zero-order valence-corrected chi connectivity index (χ0v) is 5.58. The molecule has 54 valence electrons. The van der Waals surface area contributed by atoms with Crippen LogP contribution in [0.3, 0.4) is 0 Å². The second-order valence-corrected chi connectivity index (χ2v) is 2.23. The molecule has 1 aliphatic heterocycles. The summed E-state index contributed by atoms with van der Waals surface area (Å²) in [4.78, 5) is 14.0. The van der Waals surface area contributed by atoms with Crippen LogP contribution < -0.4 is 0 Å². The summed E-state index contributed by atoms with van der Waals surface area (Å²) >= 11 is 0. The van der Waals surface area contributed by atoms with Crippen LogP contribution >= 0.6 is 0 Å². The number of aliphatic imine (C=N–C) groups is 1. The SMILES string of the molecule is O=C(O)CC1=CN=CCC1. The molecule has 0 bridgehead atoms. The molecule has 1 heterocycles. The van der Waals surface area contributed by atoms with Gasteiger partial charge in [-0.15, -0.1) is 0 Å². The van der Waals surface area contributed by atoms with Crippen LogP contribution in [0.1, 0.15) is 19.3 Å². The van der Waals surface area contributed by atoms with Gasteiger partial charge in [0.05, 0.1) is 6.42 Å². The second kappa shape index (κ2) is 3.15. The predicted molar refractivity (Wildman–Crippen MR) is 38.1 cm³/mol. The summed E-state index contributed by atoms with van der Waals surface area (Å²) in [6, 6.07) is 0. The van der Waals surface area contributed by atoms with E-state index in [9.17, 15) is 4.79 Å². The minimum Gasteiger partial charge on any atom is -0.481 e. The van der Waals surface area contributed by atoms with Crippen LogP contribution in [0.2, 0.25) is 0 Å². The van der Waals surface area contributed by atoms with E-state index < -0.39 is 5.97 Å². The van der Waals surface area contributed by atoms with Crippen molar-refractivity contribution in [1.29, 1.82) is 0 Å². The average molecular weight is 139 g/mol. The Labute approximate surface area is 59.1 Å². The number of carbonyl (C=O) groups is 1. The van der Waals surface area contributed by atoms with Crippen molar-refractivity contribution >= 4 is 12.2 Å². The Morgan fingerprint density at radius 2 is 2.60 bits per heavy atom. The second-order valence-electron chi connectivity index (χ2n) is 2.23. The van der Waals surface area contributed by atoms with Gasteiger partial charge in [-0.05, 0) is 18.4 Å². The number of hydrogen-bond acceptors (Lipinski definition) is 2. The fraction of sp³-hybridized carbons (Fsp3) is 0.429. The van der Waals surface area contributed by atoms with Crippen LogP contribution in [-0.2, 0) is 4.79 Å². The van der Waals surface area contributed by atoms with Crippen molar-refractivity contribution in [3.63, 3.8) is 0 Å². The zero-order chi connectivity index (χ0) is 7.40. The molecule has 1 rings (SSSR count). The fourth-order valence-corrected chi connectivity index (χ4v) is 0.875. The van der Waals surface area contributed by atoms with Crippen molar-refractivity contribution in [2.75, 3.05) is 0 Å². The minimum atomic E-state index is -0.775. The van der Waals surface area contributed by atoms with Crippen LogP contribution in [0, 0.1) is 0 Å². The van der Waals surface area contributed by atoms with E-state index in [0.717, 1.165) is 18.4 Å². The molecule has 0 aliphatic carbocycles. The summed E-state index contributed by atoms with van der Waals surface area (Å²) in [5, 5.41) is 8.37. The Bertz CT molecular complexity index is 194. The van der Waals surface area contributed by atoms with E-state index in [4.69, 9.17) is 5.11 Å². The molecule has 3 nitrogen and oxygen atoms in total. The van der Waals surface area contributed by atoms with Gasteiger partial charge in [-0.25, -0.2) is 0 Å². The maximum atomic E-state index is 10.2. The van der Waals surface area contributed by atoms with E-state index in [1.165, 1.54) is 0 Å². The van der Waals surface area contributed by atoms with Gasteiger partial charge >= 0.3 is 5.97 Å². The monoisotopic (exact) mass is 139 g/mol. The molecule has 0 atom stereocenters. The van der Waals surface area contributed by atoms with Crippen LogP contribution in [0.15, 0.2) is 16.8 Å². The van der Waals surface area contributed by atoms with Gasteiger partial charge in [0.15, 0.2) is 0 Å². The smallest absolute Gasteiger partial charge is 0.307 e. The summed E-state index contributed by atoms with van der Waals surface area (Å²) in [5.74, 6) is -0.775. The van der Waals surface area contributed by atoms with Gasteiger partial charge < -0.3 is 5.11 Å². The minimum absolute atomic E-state index is 0.136. The van der Waals surface area contributed by atoms with Crippen LogP contribution in [0.25, 0.3) is 0 Å². The first-order valence-corrected chi connectivity index (χ1v) is 3.20. The highest BCUT2D eigenvalue weighted by molar-refractivity contribution is 5.71. The maximum Gasteiger partial charge on any atom is 0.307 e. The number of rotatable bonds is 2. The van der Waals surface area contributed by atoms with E-state index >= 15 is 0 Å². The largest absolute Gasteiger partial charge is 0.481 e. The zero-order valence-electron chi connectivity index (χ0n) is 5.58. The third-order valence-corrected chi connectivity index (χ3v) is 1.34. The summed E-state index contributed by atoms with van der Waals surface area (Å²) < 4.78 is 0. The molecule has 0 aromatic carbocycles. The molecule has 0 amide bonds. The first-order chi connectivity index (χ1) is 4.79. The molecule has 0 radical (unpaired) electrons. The lowest BCUT2D eigenvalue weighted by atomic mass is 10.1. The third-order valence-electron chi connectivity index (χ3n) is 1.34. The van der Waals surface area contributed by atoms with Gasteiger partial charge in [0.1, 0.15) is 0 Å². The number of aliphatic carboxylic acids is 1. The standard InChI is InChI=1S/C7H9NO2/c9-7(10)4-6-2-1-3-8-5-6/h3,5H,1-2,4H2,(H,9,10). The topological polar surface area (TPSA) is 49.7 Å². The Morgan fingerprint density at radius 3 is 3.10 bits per heavy atom. The maximum absolute atomic E-state index is 10.2. The van der Waals surface area contributed by atoms with E-state index in [1.54, 1.807) is 12.4 Å². The number of carboxylic acid groups (broad SMARTS) is 1. The molecule has 0 fully saturated rings. The molecular formula is C7H9NO2. The summed E-state index contributed by atoms with van der Waals surface area (Å²) in [7, 11) is 0. The van der Waals surface area contributed by atoms with Gasteiger partial charge in [-0.1, -0.05) is 0 Å². The number of hydrogen-bond donors (Lipinski definition) is 1. The molecule has 10 heavy (non-hydrogen) atoms. The Kier molecular flexibility index (Phi) is 2.20. The summed E-state index contributed by atoms with van der Waals surface area (Å²) in [6.07, 6.45) is 5.29. The molecule has 1 aliphatic rings. The first-order valence-electron chi connectivity index (χ1n) is 3.20. The van der Waals surface area contributed by atoms with Crippen molar-refractivity contribution in [3.05, 3.63) is 11.8 Å². The lowest BCUT2D eigenvalue weighted by molar-refractivity contribution is -0.136. The highest BCUT2D eigenvalue weighted by Crippen LogP contribution is 2.12. The molecule has 3 heteroatoms. The highest BCUT2D eigenvalue weighted by Gasteiger charge is 2.04. The normalized spacial score (nSPS) is 16.6. The van der Waals surface area contributed by atoms with Gasteiger partial charge in [0.25, 0.3) is 0 Å². The molecule has 0 saturated heterocycles. The summed E-state index contributed by atoms with van der Waals surface area (Å²) in [6.45, 7) is 0. The van der Waals surface area contributed by atoms with Crippen LogP contribution in [0.4, 0.5) is 0 Å². The summed E-state index contributed by atoms with van der Waals surface area (Å²) in [5.41, 5.74) is 0.912. The molecule has 0 aromatic heterocycles. The van der Waals surface area contributed by atoms with Crippen LogP contribution in [-0.4, -0.2) is 17.3 Å². The lowest BCUT2D eigenvalue weighted by Gasteiger charge is -2.03. The molecule has 0 unspecified atom stereocenters. The van der Waals surface area contributed by atoms with Crippen molar-refractivity contribution in [2.45, 2.75) is 19.3 Å². The van der Waals surface area contributed by atoms with Crippen molar-refractivity contribution in [2.24, 2.45) is 4.99 Å². The van der Waals surface area contributed by atoms with E-state index in [0.29, 0.717) is 0 Å². The fourth-order valence-electron chi connectivity index (χ4n) is 0.875. The van der Waals surface area contributed by atoms with Crippen molar-refractivity contribution in [3.8, 4) is 0 Å². The lowest BCUT2D eigenvalue weighted by Crippen LogP contribution is -1.99. The quantitative estimate of drug-likeness (QED) is 0.625. The van der Waals surface area contributed by atoms with Crippen LogP contribution in [0.5, 0.6) is 0 Å². The predicted octanol–water partition coefficient (Wildman–Crippen LogP) is 1.21. The van der Waals surface area contributed by atoms with Gasteiger partial charge in [-0.2, -0.15) is 0 Å². The number of nitrogens with zero attached hydrogens (tertiary/aromatic N) is 1. The highest BCUT2D eigenvalue weighted by atomic mass is 16.4. The van der Waals surface area contributed by atoms with Crippen molar-refractivity contribution in [1.82, 2.24) is 0 Å². The van der Waals surface area contributed by atoms with Crippen molar-refractivity contribution < 1.29 is 9.90 Å². The third kappa shape index (κ3) is 2.01. The van der Waals surface area contributed by atoms with E-state index in [1.807, 2.05) is 0 Å². The average Bonchev–Trinajstić information content (AvgIpc) is 1.88. The molecule has 0 spiro atoms. The Morgan fingerprint density at radius 1 is 1.80 bits per heavy atom. The number of carboxylic acids is 1. The molecule has 0 saturated carbocycles. The molecule has 1 N–H and O–H groups in total. The van der Waals surface area contributed by atoms with Gasteiger partial charge in [0, 0.05) is 12.4 Å². The molecular weight excluding hydrogens is 130 g/mol. The van der Waals surface area contributed by atoms with E-state index in [2.05, 4.69) is 4.99 Å². The van der Waals surface area contributed by atoms with E-state index in [-0.39, 0.29) is 6.42 Å². The first kappa shape index (κ1) is 6.99. The molecule has 0 aromatic rings. The Hall–Kier alpha value is -1.12. The Balaban J connectivity index is 2.47.